The molecule has 3 rings (SSSR count). The molecule has 0 saturated carbocycles. The summed E-state index contributed by atoms with van der Waals surface area (Å²) in [5, 5.41) is 3.93. The Balaban J connectivity index is 1.91. The van der Waals surface area contributed by atoms with Gasteiger partial charge in [0.15, 0.2) is 0 Å². The molecule has 0 aliphatic heterocycles. The van der Waals surface area contributed by atoms with Gasteiger partial charge in [0.05, 0.1) is 6.54 Å². The van der Waals surface area contributed by atoms with E-state index in [2.05, 4.69) is 22.0 Å². The van der Waals surface area contributed by atoms with Gasteiger partial charge in [-0.1, -0.05) is 5.16 Å². The van der Waals surface area contributed by atoms with Gasteiger partial charge in [0.1, 0.15) is 12.0 Å². The van der Waals surface area contributed by atoms with Crippen molar-refractivity contribution in [3.8, 4) is 0 Å². The lowest BCUT2D eigenvalue weighted by atomic mass is 9.94. The maximum Gasteiger partial charge on any atom is 0.124 e. The first-order valence-electron chi connectivity index (χ1n) is 5.67. The number of nitrogens with two attached hydrogens (primary N) is 1. The van der Waals surface area contributed by atoms with Crippen molar-refractivity contribution in [3.05, 3.63) is 41.5 Å². The highest BCUT2D eigenvalue weighted by molar-refractivity contribution is 5.28. The third-order valence-corrected chi connectivity index (χ3v) is 3.27. The molecule has 0 saturated heterocycles. The lowest BCUT2D eigenvalue weighted by molar-refractivity contribution is 0.409. The lowest BCUT2D eigenvalue weighted by Crippen LogP contribution is -2.18. The zero-order valence-corrected chi connectivity index (χ0v) is 9.10. The Hall–Kier alpha value is -1.55. The van der Waals surface area contributed by atoms with E-state index in [0.29, 0.717) is 0 Å². The zero-order valence-electron chi connectivity index (χ0n) is 9.10. The molecule has 4 heteroatoms. The van der Waals surface area contributed by atoms with Crippen molar-refractivity contribution >= 4 is 0 Å². The Labute approximate surface area is 94.0 Å². The molecule has 2 aromatic rings. The van der Waals surface area contributed by atoms with Crippen LogP contribution in [0.1, 0.15) is 35.8 Å². The highest BCUT2D eigenvalue weighted by Gasteiger charge is 2.20. The number of hydrogen-bond donors (Lipinski definition) is 1. The van der Waals surface area contributed by atoms with Crippen LogP contribution in [0, 0.1) is 0 Å². The third-order valence-electron chi connectivity index (χ3n) is 3.27. The largest absolute Gasteiger partial charge is 0.364 e. The van der Waals surface area contributed by atoms with Crippen molar-refractivity contribution in [1.29, 1.82) is 0 Å². The van der Waals surface area contributed by atoms with E-state index in [1.807, 2.05) is 6.07 Å². The first-order valence-corrected chi connectivity index (χ1v) is 5.67. The van der Waals surface area contributed by atoms with Gasteiger partial charge < -0.3 is 14.8 Å². The van der Waals surface area contributed by atoms with Crippen molar-refractivity contribution in [2.45, 2.75) is 31.8 Å². The van der Waals surface area contributed by atoms with E-state index in [0.717, 1.165) is 25.1 Å². The SMILES string of the molecule is NC1CCCc2c1ccn2Cc1ccon1. The van der Waals surface area contributed by atoms with Crippen LogP contribution >= 0.6 is 0 Å². The van der Waals surface area contributed by atoms with Gasteiger partial charge in [-0.3, -0.25) is 0 Å². The summed E-state index contributed by atoms with van der Waals surface area (Å²) in [5.74, 6) is 0. The molecular weight excluding hydrogens is 202 g/mol. The summed E-state index contributed by atoms with van der Waals surface area (Å²) >= 11 is 0. The average molecular weight is 217 g/mol. The van der Waals surface area contributed by atoms with Gasteiger partial charge in [-0.05, 0) is 30.9 Å². The minimum atomic E-state index is 0.210. The highest BCUT2D eigenvalue weighted by atomic mass is 16.5. The summed E-state index contributed by atoms with van der Waals surface area (Å²) in [6.07, 6.45) is 7.10. The number of fused-ring (bicyclic) bond motifs is 1. The van der Waals surface area contributed by atoms with E-state index in [-0.39, 0.29) is 6.04 Å². The number of hydrogen-bond acceptors (Lipinski definition) is 3. The van der Waals surface area contributed by atoms with E-state index in [4.69, 9.17) is 10.3 Å². The average Bonchev–Trinajstić information content (AvgIpc) is 2.90. The molecule has 0 amide bonds. The fourth-order valence-corrected chi connectivity index (χ4v) is 2.43. The monoisotopic (exact) mass is 217 g/mol. The standard InChI is InChI=1S/C12H15N3O/c13-11-2-1-3-12-10(11)4-6-15(12)8-9-5-7-16-14-9/h4-7,11H,1-3,8,13H2. The lowest BCUT2D eigenvalue weighted by Gasteiger charge is -2.20. The second kappa shape index (κ2) is 3.79. The normalized spacial score (nSPS) is 19.7. The summed E-state index contributed by atoms with van der Waals surface area (Å²) in [7, 11) is 0. The van der Waals surface area contributed by atoms with Crippen LogP contribution in [0.2, 0.25) is 0 Å². The molecule has 2 aromatic heterocycles. The van der Waals surface area contributed by atoms with Gasteiger partial charge in [0.25, 0.3) is 0 Å². The molecular formula is C12H15N3O. The van der Waals surface area contributed by atoms with Crippen LogP contribution in [-0.4, -0.2) is 9.72 Å². The quantitative estimate of drug-likeness (QED) is 0.835. The van der Waals surface area contributed by atoms with Crippen molar-refractivity contribution in [2.24, 2.45) is 5.73 Å². The van der Waals surface area contributed by atoms with Crippen LogP contribution in [-0.2, 0) is 13.0 Å². The molecule has 0 radical (unpaired) electrons. The molecule has 2 N–H and O–H groups in total. The molecule has 0 spiro atoms. The molecule has 4 nitrogen and oxygen atoms in total. The molecule has 2 heterocycles. The van der Waals surface area contributed by atoms with Gasteiger partial charge >= 0.3 is 0 Å². The minimum Gasteiger partial charge on any atom is -0.364 e. The van der Waals surface area contributed by atoms with Crippen molar-refractivity contribution in [1.82, 2.24) is 9.72 Å². The first-order chi connectivity index (χ1) is 7.84. The summed E-state index contributed by atoms with van der Waals surface area (Å²) in [4.78, 5) is 0. The minimum absolute atomic E-state index is 0.210. The molecule has 0 bridgehead atoms. The fraction of sp³-hybridized carbons (Fsp3) is 0.417. The Morgan fingerprint density at radius 3 is 3.25 bits per heavy atom. The Kier molecular flexibility index (Phi) is 2.29. The second-order valence-electron chi connectivity index (χ2n) is 4.34. The fourth-order valence-electron chi connectivity index (χ4n) is 2.43. The van der Waals surface area contributed by atoms with Crippen molar-refractivity contribution in [2.75, 3.05) is 0 Å². The summed E-state index contributed by atoms with van der Waals surface area (Å²) < 4.78 is 7.07. The van der Waals surface area contributed by atoms with Crippen LogP contribution in [0.25, 0.3) is 0 Å². The number of nitrogens with zero attached hydrogens (tertiary/aromatic N) is 2. The molecule has 1 aliphatic rings. The Bertz CT molecular complexity index is 472. The van der Waals surface area contributed by atoms with Crippen LogP contribution in [0.3, 0.4) is 0 Å². The maximum absolute atomic E-state index is 6.09. The predicted octanol–water partition coefficient (Wildman–Crippen LogP) is 1.86. The first kappa shape index (κ1) is 9.66. The van der Waals surface area contributed by atoms with Gasteiger partial charge in [0.2, 0.25) is 0 Å². The molecule has 1 atom stereocenters. The topological polar surface area (TPSA) is 57.0 Å². The van der Waals surface area contributed by atoms with E-state index in [1.165, 1.54) is 17.7 Å². The summed E-state index contributed by atoms with van der Waals surface area (Å²) in [5.41, 5.74) is 9.71. The third kappa shape index (κ3) is 1.55. The van der Waals surface area contributed by atoms with Gasteiger partial charge in [-0.15, -0.1) is 0 Å². The van der Waals surface area contributed by atoms with Gasteiger partial charge in [0, 0.05) is 24.0 Å². The van der Waals surface area contributed by atoms with Crippen molar-refractivity contribution < 1.29 is 4.52 Å². The second-order valence-corrected chi connectivity index (χ2v) is 4.34. The van der Waals surface area contributed by atoms with Crippen molar-refractivity contribution in [3.63, 3.8) is 0 Å². The summed E-state index contributed by atoms with van der Waals surface area (Å²) in [6, 6.07) is 4.25. The molecule has 16 heavy (non-hydrogen) atoms. The van der Waals surface area contributed by atoms with Crippen LogP contribution in [0.4, 0.5) is 0 Å². The molecule has 1 unspecified atom stereocenters. The van der Waals surface area contributed by atoms with E-state index in [9.17, 15) is 0 Å². The van der Waals surface area contributed by atoms with E-state index in [1.54, 1.807) is 6.26 Å². The molecule has 0 aromatic carbocycles. The Morgan fingerprint density at radius 1 is 1.50 bits per heavy atom. The number of aromatic nitrogens is 2. The Morgan fingerprint density at radius 2 is 2.44 bits per heavy atom. The number of rotatable bonds is 2. The molecule has 0 fully saturated rings. The van der Waals surface area contributed by atoms with Crippen LogP contribution in [0.5, 0.6) is 0 Å². The zero-order chi connectivity index (χ0) is 11.0. The van der Waals surface area contributed by atoms with Crippen LogP contribution in [0.15, 0.2) is 29.1 Å². The highest BCUT2D eigenvalue weighted by Crippen LogP contribution is 2.28. The molecule has 1 aliphatic carbocycles. The summed E-state index contributed by atoms with van der Waals surface area (Å²) in [6.45, 7) is 0.776. The predicted molar refractivity (Wildman–Crippen MR) is 59.9 cm³/mol. The van der Waals surface area contributed by atoms with Gasteiger partial charge in [-0.25, -0.2) is 0 Å². The van der Waals surface area contributed by atoms with E-state index >= 15 is 0 Å². The van der Waals surface area contributed by atoms with Gasteiger partial charge in [-0.2, -0.15) is 0 Å². The van der Waals surface area contributed by atoms with Crippen LogP contribution < -0.4 is 5.73 Å². The van der Waals surface area contributed by atoms with E-state index < -0.39 is 0 Å². The molecule has 84 valence electrons. The smallest absolute Gasteiger partial charge is 0.124 e. The maximum atomic E-state index is 6.09.